The van der Waals surface area contributed by atoms with Crippen molar-refractivity contribution in [2.24, 2.45) is 0 Å². The fraction of sp³-hybridized carbons (Fsp3) is 0.462. The van der Waals surface area contributed by atoms with Crippen LogP contribution in [0.3, 0.4) is 0 Å². The van der Waals surface area contributed by atoms with Crippen molar-refractivity contribution >= 4 is 17.5 Å². The predicted molar refractivity (Wildman–Crippen MR) is 71.0 cm³/mol. The number of carbonyl (C=O) groups excluding carboxylic acids is 1. The lowest BCUT2D eigenvalue weighted by Gasteiger charge is -2.17. The Morgan fingerprint density at radius 2 is 2.44 bits per heavy atom. The lowest BCUT2D eigenvalue weighted by atomic mass is 10.2. The zero-order valence-electron chi connectivity index (χ0n) is 10.3. The highest BCUT2D eigenvalue weighted by atomic mass is 35.5. The number of halogens is 1. The Kier molecular flexibility index (Phi) is 4.44. The maximum Gasteiger partial charge on any atom is 0.261 e. The minimum absolute atomic E-state index is 0.0938. The van der Waals surface area contributed by atoms with Gasteiger partial charge in [0.25, 0.3) is 5.91 Å². The van der Waals surface area contributed by atoms with Gasteiger partial charge < -0.3 is 15.4 Å². The van der Waals surface area contributed by atoms with E-state index in [0.717, 1.165) is 19.5 Å². The standard InChI is InChI=1S/C13H17ClN2O2/c1-9(13(17)16-11-5-6-15-8-11)18-12-4-2-3-10(14)7-12/h2-4,7,9,11,15H,5-6,8H2,1H3,(H,16,17)/t9?,11-/m0/s1. The molecule has 98 valence electrons. The Labute approximate surface area is 112 Å². The van der Waals surface area contributed by atoms with Crippen molar-refractivity contribution in [3.8, 4) is 5.75 Å². The van der Waals surface area contributed by atoms with Gasteiger partial charge in [-0.15, -0.1) is 0 Å². The summed E-state index contributed by atoms with van der Waals surface area (Å²) in [4.78, 5) is 11.9. The molecule has 1 heterocycles. The molecule has 0 aliphatic carbocycles. The molecule has 0 spiro atoms. The number of ether oxygens (including phenoxy) is 1. The molecule has 1 unspecified atom stereocenters. The molecule has 1 aliphatic heterocycles. The second-order valence-corrected chi connectivity index (χ2v) is 4.85. The largest absolute Gasteiger partial charge is 0.481 e. The molecule has 1 aromatic rings. The molecule has 1 aromatic carbocycles. The minimum atomic E-state index is -0.524. The van der Waals surface area contributed by atoms with Crippen molar-refractivity contribution in [2.75, 3.05) is 13.1 Å². The molecule has 2 rings (SSSR count). The number of hydrogen-bond donors (Lipinski definition) is 2. The van der Waals surface area contributed by atoms with Crippen molar-refractivity contribution in [3.63, 3.8) is 0 Å². The Balaban J connectivity index is 1.86. The number of rotatable bonds is 4. The normalized spacial score (nSPS) is 20.4. The van der Waals surface area contributed by atoms with Crippen LogP contribution in [0.2, 0.25) is 5.02 Å². The quantitative estimate of drug-likeness (QED) is 0.872. The van der Waals surface area contributed by atoms with Crippen molar-refractivity contribution in [1.29, 1.82) is 0 Å². The van der Waals surface area contributed by atoms with Crippen LogP contribution in [-0.4, -0.2) is 31.1 Å². The number of hydrogen-bond acceptors (Lipinski definition) is 3. The first-order chi connectivity index (χ1) is 8.65. The van der Waals surface area contributed by atoms with Gasteiger partial charge in [0.2, 0.25) is 0 Å². The van der Waals surface area contributed by atoms with Gasteiger partial charge in [0, 0.05) is 17.6 Å². The zero-order chi connectivity index (χ0) is 13.0. The van der Waals surface area contributed by atoms with E-state index in [2.05, 4.69) is 10.6 Å². The maximum atomic E-state index is 11.9. The first kappa shape index (κ1) is 13.2. The summed E-state index contributed by atoms with van der Waals surface area (Å²) in [5.74, 6) is 0.512. The second kappa shape index (κ2) is 6.07. The molecule has 0 radical (unpaired) electrons. The third kappa shape index (κ3) is 3.62. The van der Waals surface area contributed by atoms with Gasteiger partial charge in [-0.1, -0.05) is 17.7 Å². The Morgan fingerprint density at radius 3 is 3.11 bits per heavy atom. The molecule has 1 fully saturated rings. The highest BCUT2D eigenvalue weighted by molar-refractivity contribution is 6.30. The van der Waals surface area contributed by atoms with Crippen molar-refractivity contribution in [3.05, 3.63) is 29.3 Å². The van der Waals surface area contributed by atoms with E-state index in [1.54, 1.807) is 31.2 Å². The van der Waals surface area contributed by atoms with Crippen LogP contribution in [0.15, 0.2) is 24.3 Å². The summed E-state index contributed by atoms with van der Waals surface area (Å²) >= 11 is 5.86. The van der Waals surface area contributed by atoms with Crippen LogP contribution in [-0.2, 0) is 4.79 Å². The molecule has 1 aliphatic rings. The molecule has 2 atom stereocenters. The van der Waals surface area contributed by atoms with E-state index in [4.69, 9.17) is 16.3 Å². The van der Waals surface area contributed by atoms with E-state index in [9.17, 15) is 4.79 Å². The monoisotopic (exact) mass is 268 g/mol. The van der Waals surface area contributed by atoms with Crippen LogP contribution in [0.5, 0.6) is 5.75 Å². The summed E-state index contributed by atoms with van der Waals surface area (Å²) < 4.78 is 5.55. The predicted octanol–water partition coefficient (Wildman–Crippen LogP) is 1.59. The summed E-state index contributed by atoms with van der Waals surface area (Å²) in [7, 11) is 0. The fourth-order valence-electron chi connectivity index (χ4n) is 1.89. The molecule has 18 heavy (non-hydrogen) atoms. The highest BCUT2D eigenvalue weighted by Crippen LogP contribution is 2.18. The summed E-state index contributed by atoms with van der Waals surface area (Å²) in [5.41, 5.74) is 0. The first-order valence-corrected chi connectivity index (χ1v) is 6.46. The van der Waals surface area contributed by atoms with E-state index in [1.807, 2.05) is 0 Å². The average Bonchev–Trinajstić information content (AvgIpc) is 2.81. The van der Waals surface area contributed by atoms with Gasteiger partial charge in [0.1, 0.15) is 5.75 Å². The molecular formula is C13H17ClN2O2. The third-order valence-corrected chi connectivity index (χ3v) is 3.12. The smallest absolute Gasteiger partial charge is 0.261 e. The Bertz CT molecular complexity index is 419. The van der Waals surface area contributed by atoms with E-state index in [0.29, 0.717) is 10.8 Å². The number of benzene rings is 1. The molecule has 2 N–H and O–H groups in total. The van der Waals surface area contributed by atoms with Crippen LogP contribution in [0, 0.1) is 0 Å². The fourth-order valence-corrected chi connectivity index (χ4v) is 2.07. The van der Waals surface area contributed by atoms with E-state index >= 15 is 0 Å². The summed E-state index contributed by atoms with van der Waals surface area (Å²) in [5, 5.41) is 6.75. The van der Waals surface area contributed by atoms with E-state index in [1.165, 1.54) is 0 Å². The van der Waals surface area contributed by atoms with Crippen molar-refractivity contribution in [2.45, 2.75) is 25.5 Å². The topological polar surface area (TPSA) is 50.4 Å². The molecule has 1 saturated heterocycles. The van der Waals surface area contributed by atoms with Crippen LogP contribution >= 0.6 is 11.6 Å². The lowest BCUT2D eigenvalue weighted by Crippen LogP contribution is -2.43. The number of carbonyl (C=O) groups is 1. The van der Waals surface area contributed by atoms with Gasteiger partial charge in [-0.2, -0.15) is 0 Å². The van der Waals surface area contributed by atoms with Gasteiger partial charge in [0.15, 0.2) is 6.10 Å². The molecule has 4 nitrogen and oxygen atoms in total. The summed E-state index contributed by atoms with van der Waals surface area (Å²) in [6.07, 6.45) is 0.444. The summed E-state index contributed by atoms with van der Waals surface area (Å²) in [6, 6.07) is 7.25. The van der Waals surface area contributed by atoms with Crippen LogP contribution in [0.25, 0.3) is 0 Å². The SMILES string of the molecule is CC(Oc1cccc(Cl)c1)C(=O)N[C@H]1CCNC1. The first-order valence-electron chi connectivity index (χ1n) is 6.08. The molecule has 0 saturated carbocycles. The molecule has 0 bridgehead atoms. The summed E-state index contributed by atoms with van der Waals surface area (Å²) in [6.45, 7) is 3.52. The lowest BCUT2D eigenvalue weighted by molar-refractivity contribution is -0.127. The second-order valence-electron chi connectivity index (χ2n) is 4.42. The van der Waals surface area contributed by atoms with Gasteiger partial charge >= 0.3 is 0 Å². The third-order valence-electron chi connectivity index (χ3n) is 2.88. The average molecular weight is 269 g/mol. The molecule has 0 aromatic heterocycles. The van der Waals surface area contributed by atoms with Crippen molar-refractivity contribution in [1.82, 2.24) is 10.6 Å². The Morgan fingerprint density at radius 1 is 1.61 bits per heavy atom. The van der Waals surface area contributed by atoms with E-state index in [-0.39, 0.29) is 11.9 Å². The van der Waals surface area contributed by atoms with Crippen LogP contribution < -0.4 is 15.4 Å². The van der Waals surface area contributed by atoms with Gasteiger partial charge in [-0.3, -0.25) is 4.79 Å². The highest BCUT2D eigenvalue weighted by Gasteiger charge is 2.21. The molecule has 1 amide bonds. The van der Waals surface area contributed by atoms with Crippen LogP contribution in [0.4, 0.5) is 0 Å². The van der Waals surface area contributed by atoms with Gasteiger partial charge in [-0.05, 0) is 38.1 Å². The van der Waals surface area contributed by atoms with E-state index < -0.39 is 6.10 Å². The van der Waals surface area contributed by atoms with Crippen LogP contribution in [0.1, 0.15) is 13.3 Å². The molecule has 5 heteroatoms. The maximum absolute atomic E-state index is 11.9. The number of amides is 1. The minimum Gasteiger partial charge on any atom is -0.481 e. The molecular weight excluding hydrogens is 252 g/mol. The van der Waals surface area contributed by atoms with Gasteiger partial charge in [-0.25, -0.2) is 0 Å². The van der Waals surface area contributed by atoms with Crippen molar-refractivity contribution < 1.29 is 9.53 Å². The van der Waals surface area contributed by atoms with Gasteiger partial charge in [0.05, 0.1) is 0 Å². The Hall–Kier alpha value is -1.26. The number of nitrogens with one attached hydrogen (secondary N) is 2. The zero-order valence-corrected chi connectivity index (χ0v) is 11.0.